The molecular weight excluding hydrogens is 480 g/mol. The van der Waals surface area contributed by atoms with Crippen LogP contribution in [0.4, 0.5) is 5.69 Å². The van der Waals surface area contributed by atoms with Crippen molar-refractivity contribution in [1.29, 1.82) is 0 Å². The van der Waals surface area contributed by atoms with Crippen LogP contribution >= 0.6 is 23.4 Å². The van der Waals surface area contributed by atoms with Crippen molar-refractivity contribution in [2.24, 2.45) is 0 Å². The number of aryl methyl sites for hydroxylation is 1. The number of carbonyl (C=O) groups excluding carboxylic acids is 1. The molecule has 0 aliphatic heterocycles. The summed E-state index contributed by atoms with van der Waals surface area (Å²) in [5, 5.41) is 11.6. The lowest BCUT2D eigenvalue weighted by Gasteiger charge is -2.16. The van der Waals surface area contributed by atoms with Gasteiger partial charge in [0.05, 0.1) is 20.9 Å². The summed E-state index contributed by atoms with van der Waals surface area (Å²) in [6.45, 7) is 7.85. The van der Waals surface area contributed by atoms with E-state index in [9.17, 15) is 13.2 Å². The van der Waals surface area contributed by atoms with Crippen LogP contribution in [0.15, 0.2) is 71.2 Å². The number of amides is 1. The number of para-hydroxylation sites is 1. The number of carbonyl (C=O) groups is 1. The second-order valence-corrected chi connectivity index (χ2v) is 10.9. The van der Waals surface area contributed by atoms with Gasteiger partial charge in [-0.05, 0) is 37.6 Å². The molecule has 0 bridgehead atoms. The van der Waals surface area contributed by atoms with E-state index < -0.39 is 15.1 Å². The van der Waals surface area contributed by atoms with Crippen LogP contribution in [0.1, 0.15) is 24.7 Å². The van der Waals surface area contributed by atoms with E-state index in [0.29, 0.717) is 34.7 Å². The summed E-state index contributed by atoms with van der Waals surface area (Å²) in [7, 11) is -3.61. The van der Waals surface area contributed by atoms with Crippen molar-refractivity contribution in [3.8, 4) is 0 Å². The topological polar surface area (TPSA) is 93.9 Å². The second kappa shape index (κ2) is 11.0. The molecule has 10 heteroatoms. The number of anilines is 1. The minimum atomic E-state index is -3.61. The molecule has 1 N–H and O–H groups in total. The van der Waals surface area contributed by atoms with Gasteiger partial charge in [-0.1, -0.05) is 66.2 Å². The van der Waals surface area contributed by atoms with E-state index in [2.05, 4.69) is 22.1 Å². The summed E-state index contributed by atoms with van der Waals surface area (Å²) in [6.07, 6.45) is 2.17. The van der Waals surface area contributed by atoms with Gasteiger partial charge in [0.15, 0.2) is 15.0 Å². The third-order valence-corrected chi connectivity index (χ3v) is 8.15. The first-order chi connectivity index (χ1) is 15.7. The Morgan fingerprint density at radius 2 is 1.91 bits per heavy atom. The van der Waals surface area contributed by atoms with Crippen LogP contribution < -0.4 is 5.32 Å². The Kier molecular flexibility index (Phi) is 8.34. The third-order valence-electron chi connectivity index (χ3n) is 4.85. The molecule has 1 aromatic heterocycles. The lowest BCUT2D eigenvalue weighted by molar-refractivity contribution is -0.115. The molecule has 0 spiro atoms. The molecule has 0 radical (unpaired) electrons. The fourth-order valence-corrected chi connectivity index (χ4v) is 5.49. The Balaban J connectivity index is 1.82. The van der Waals surface area contributed by atoms with Crippen molar-refractivity contribution >= 4 is 44.8 Å². The molecule has 3 rings (SSSR count). The highest BCUT2D eigenvalue weighted by atomic mass is 35.5. The molecule has 174 valence electrons. The number of rotatable bonds is 10. The molecular formula is C23H25ClN4O3S2. The highest BCUT2D eigenvalue weighted by molar-refractivity contribution is 8.00. The highest BCUT2D eigenvalue weighted by Gasteiger charge is 2.25. The molecule has 1 heterocycles. The minimum Gasteiger partial charge on any atom is -0.324 e. The van der Waals surface area contributed by atoms with E-state index in [0.717, 1.165) is 5.56 Å². The van der Waals surface area contributed by atoms with Crippen molar-refractivity contribution in [3.63, 3.8) is 0 Å². The zero-order valence-corrected chi connectivity index (χ0v) is 20.8. The van der Waals surface area contributed by atoms with Crippen molar-refractivity contribution < 1.29 is 13.2 Å². The number of thioether (sulfide) groups is 1. The Labute approximate surface area is 203 Å². The molecule has 1 unspecified atom stereocenters. The number of hydrogen-bond acceptors (Lipinski definition) is 6. The fraction of sp³-hybridized carbons (Fsp3) is 0.261. The first kappa shape index (κ1) is 25.0. The van der Waals surface area contributed by atoms with Crippen molar-refractivity contribution in [1.82, 2.24) is 14.8 Å². The first-order valence-corrected chi connectivity index (χ1v) is 13.2. The average molecular weight is 505 g/mol. The summed E-state index contributed by atoms with van der Waals surface area (Å²) in [5.41, 5.74) is 1.50. The summed E-state index contributed by atoms with van der Waals surface area (Å²) in [6, 6.07) is 13.7. The quantitative estimate of drug-likeness (QED) is 0.311. The number of hydrogen-bond donors (Lipinski definition) is 1. The summed E-state index contributed by atoms with van der Waals surface area (Å²) >= 11 is 7.38. The van der Waals surface area contributed by atoms with Gasteiger partial charge in [-0.2, -0.15) is 0 Å². The van der Waals surface area contributed by atoms with Gasteiger partial charge in [-0.3, -0.25) is 4.79 Å². The highest BCUT2D eigenvalue weighted by Crippen LogP contribution is 2.28. The van der Waals surface area contributed by atoms with E-state index in [1.807, 2.05) is 13.8 Å². The molecule has 2 aromatic carbocycles. The van der Waals surface area contributed by atoms with Crippen LogP contribution in [0.5, 0.6) is 0 Å². The van der Waals surface area contributed by atoms with Crippen molar-refractivity contribution in [2.45, 2.75) is 47.9 Å². The van der Waals surface area contributed by atoms with Gasteiger partial charge < -0.3 is 9.88 Å². The Morgan fingerprint density at radius 3 is 2.55 bits per heavy atom. The molecule has 1 amide bonds. The maximum absolute atomic E-state index is 12.9. The largest absolute Gasteiger partial charge is 0.324 e. The Hall–Kier alpha value is -2.62. The monoisotopic (exact) mass is 504 g/mol. The molecule has 33 heavy (non-hydrogen) atoms. The van der Waals surface area contributed by atoms with Crippen LogP contribution in [-0.2, 0) is 26.9 Å². The van der Waals surface area contributed by atoms with E-state index in [-0.39, 0.29) is 16.6 Å². The molecule has 0 fully saturated rings. The lowest BCUT2D eigenvalue weighted by atomic mass is 10.2. The van der Waals surface area contributed by atoms with Gasteiger partial charge in [-0.25, -0.2) is 8.42 Å². The Morgan fingerprint density at radius 1 is 1.21 bits per heavy atom. The minimum absolute atomic E-state index is 0.223. The molecule has 0 saturated heterocycles. The van der Waals surface area contributed by atoms with Crippen LogP contribution in [0.25, 0.3) is 0 Å². The molecule has 0 aliphatic rings. The normalized spacial score (nSPS) is 12.3. The van der Waals surface area contributed by atoms with Crippen molar-refractivity contribution in [3.05, 3.63) is 77.6 Å². The van der Waals surface area contributed by atoms with E-state index in [4.69, 9.17) is 11.6 Å². The molecule has 1 atom stereocenters. The SMILES string of the molecule is C=CCn1c(CS(=O)(=O)c2ccc(C)cc2)nnc1SC(CC)C(=O)Nc1ccccc1Cl. The van der Waals surface area contributed by atoms with Crippen LogP contribution in [0.3, 0.4) is 0 Å². The molecule has 0 saturated carbocycles. The number of nitrogens with one attached hydrogen (secondary N) is 1. The zero-order chi connectivity index (χ0) is 24.0. The van der Waals surface area contributed by atoms with Gasteiger partial charge >= 0.3 is 0 Å². The number of sulfone groups is 1. The zero-order valence-electron chi connectivity index (χ0n) is 18.4. The van der Waals surface area contributed by atoms with Crippen LogP contribution in [0.2, 0.25) is 5.02 Å². The molecule has 3 aromatic rings. The summed E-state index contributed by atoms with van der Waals surface area (Å²) < 4.78 is 27.5. The van der Waals surface area contributed by atoms with Gasteiger partial charge in [0.1, 0.15) is 11.6 Å². The van der Waals surface area contributed by atoms with Crippen LogP contribution in [-0.4, -0.2) is 34.3 Å². The van der Waals surface area contributed by atoms with Gasteiger partial charge in [0, 0.05) is 6.54 Å². The summed E-state index contributed by atoms with van der Waals surface area (Å²) in [4.78, 5) is 13.1. The number of nitrogens with zero attached hydrogens (tertiary/aromatic N) is 3. The van der Waals surface area contributed by atoms with Gasteiger partial charge in [0.2, 0.25) is 5.91 Å². The average Bonchev–Trinajstić information content (AvgIpc) is 3.14. The maximum Gasteiger partial charge on any atom is 0.238 e. The molecule has 0 aliphatic carbocycles. The number of benzene rings is 2. The lowest BCUT2D eigenvalue weighted by Crippen LogP contribution is -2.25. The smallest absolute Gasteiger partial charge is 0.238 e. The first-order valence-electron chi connectivity index (χ1n) is 10.3. The predicted molar refractivity (Wildman–Crippen MR) is 132 cm³/mol. The van der Waals surface area contributed by atoms with E-state index in [1.165, 1.54) is 11.8 Å². The van der Waals surface area contributed by atoms with Crippen LogP contribution in [0, 0.1) is 6.92 Å². The standard InChI is InChI=1S/C23H25ClN4O3S2/c1-4-14-28-21(15-33(30,31)17-12-10-16(3)11-13-17)26-27-23(28)32-20(5-2)22(29)25-19-9-7-6-8-18(19)24/h4,6-13,20H,1,5,14-15H2,2-3H3,(H,25,29). The number of halogens is 1. The predicted octanol–water partition coefficient (Wildman–Crippen LogP) is 4.91. The van der Waals surface area contributed by atoms with Gasteiger partial charge in [-0.15, -0.1) is 16.8 Å². The van der Waals surface area contributed by atoms with E-state index >= 15 is 0 Å². The number of aromatic nitrogens is 3. The Bertz CT molecular complexity index is 1240. The fourth-order valence-electron chi connectivity index (χ4n) is 3.05. The van der Waals surface area contributed by atoms with E-state index in [1.54, 1.807) is 59.2 Å². The number of allylic oxidation sites excluding steroid dienone is 1. The van der Waals surface area contributed by atoms with Gasteiger partial charge in [0.25, 0.3) is 0 Å². The van der Waals surface area contributed by atoms with Crippen molar-refractivity contribution in [2.75, 3.05) is 5.32 Å². The third kappa shape index (κ3) is 6.25. The summed E-state index contributed by atoms with van der Waals surface area (Å²) in [5.74, 6) is -0.239. The second-order valence-electron chi connectivity index (χ2n) is 7.35. The molecule has 7 nitrogen and oxygen atoms in total. The maximum atomic E-state index is 12.9.